The standard InChI is InChI=1S/C13H10O4/c1-8(14)11-12(15)10(17-13(11)16)7-9-5-3-2-4-6-9/h2-7,15H,1H3/b10-7+. The maximum Gasteiger partial charge on any atom is 0.351 e. The average Bonchev–Trinajstić information content (AvgIpc) is 2.55. The van der Waals surface area contributed by atoms with Gasteiger partial charge in [-0.1, -0.05) is 30.3 Å². The van der Waals surface area contributed by atoms with E-state index in [-0.39, 0.29) is 11.3 Å². The molecule has 17 heavy (non-hydrogen) atoms. The molecule has 1 N–H and O–H groups in total. The zero-order chi connectivity index (χ0) is 12.4. The first-order valence-electron chi connectivity index (χ1n) is 5.03. The zero-order valence-electron chi connectivity index (χ0n) is 9.14. The average molecular weight is 230 g/mol. The Labute approximate surface area is 97.8 Å². The van der Waals surface area contributed by atoms with Crippen molar-refractivity contribution in [2.75, 3.05) is 0 Å². The fourth-order valence-electron chi connectivity index (χ4n) is 1.53. The van der Waals surface area contributed by atoms with E-state index in [1.165, 1.54) is 13.0 Å². The van der Waals surface area contributed by atoms with Crippen molar-refractivity contribution < 1.29 is 19.4 Å². The number of esters is 1. The molecule has 0 amide bonds. The number of aliphatic hydroxyl groups excluding tert-OH is 1. The lowest BCUT2D eigenvalue weighted by Gasteiger charge is -1.97. The van der Waals surface area contributed by atoms with E-state index in [1.807, 2.05) is 18.2 Å². The van der Waals surface area contributed by atoms with Gasteiger partial charge >= 0.3 is 5.97 Å². The molecule has 4 nitrogen and oxygen atoms in total. The van der Waals surface area contributed by atoms with Crippen LogP contribution in [0.4, 0.5) is 0 Å². The summed E-state index contributed by atoms with van der Waals surface area (Å²) in [6, 6.07) is 9.06. The molecule has 0 saturated carbocycles. The minimum atomic E-state index is -0.808. The van der Waals surface area contributed by atoms with Gasteiger partial charge in [0.2, 0.25) is 0 Å². The Bertz CT molecular complexity index is 538. The summed E-state index contributed by atoms with van der Waals surface area (Å²) in [5.41, 5.74) is 0.471. The predicted octanol–water partition coefficient (Wildman–Crippen LogP) is 1.99. The van der Waals surface area contributed by atoms with Crippen LogP contribution in [0.5, 0.6) is 0 Å². The van der Waals surface area contributed by atoms with Crippen LogP contribution in [0.3, 0.4) is 0 Å². The normalized spacial score (nSPS) is 17.5. The van der Waals surface area contributed by atoms with Crippen LogP contribution in [0.25, 0.3) is 6.08 Å². The van der Waals surface area contributed by atoms with Crippen molar-refractivity contribution in [1.82, 2.24) is 0 Å². The van der Waals surface area contributed by atoms with Gasteiger partial charge in [-0.25, -0.2) is 4.79 Å². The SMILES string of the molecule is CC(=O)C1=C(O)/C(=C\c2ccccc2)OC1=O. The van der Waals surface area contributed by atoms with Gasteiger partial charge in [-0.3, -0.25) is 4.79 Å². The zero-order valence-corrected chi connectivity index (χ0v) is 9.14. The summed E-state index contributed by atoms with van der Waals surface area (Å²) in [5, 5.41) is 9.70. The van der Waals surface area contributed by atoms with Crippen molar-refractivity contribution >= 4 is 17.8 Å². The molecule has 0 radical (unpaired) electrons. The predicted molar refractivity (Wildman–Crippen MR) is 60.8 cm³/mol. The van der Waals surface area contributed by atoms with Gasteiger partial charge < -0.3 is 9.84 Å². The van der Waals surface area contributed by atoms with Gasteiger partial charge in [-0.05, 0) is 18.6 Å². The topological polar surface area (TPSA) is 63.6 Å². The number of Topliss-reactive ketones (excluding diaryl/α,β-unsaturated/α-hetero) is 1. The molecule has 0 bridgehead atoms. The second-order valence-corrected chi connectivity index (χ2v) is 3.59. The summed E-state index contributed by atoms with van der Waals surface area (Å²) in [5.74, 6) is -1.71. The van der Waals surface area contributed by atoms with Crippen molar-refractivity contribution in [3.63, 3.8) is 0 Å². The molecule has 1 aliphatic rings. The Morgan fingerprint density at radius 2 is 1.94 bits per heavy atom. The molecule has 4 heteroatoms. The van der Waals surface area contributed by atoms with Gasteiger partial charge in [0.15, 0.2) is 17.3 Å². The van der Waals surface area contributed by atoms with Gasteiger partial charge in [-0.2, -0.15) is 0 Å². The number of carbonyl (C=O) groups excluding carboxylic acids is 2. The van der Waals surface area contributed by atoms with Crippen LogP contribution >= 0.6 is 0 Å². The number of hydrogen-bond donors (Lipinski definition) is 1. The molecule has 0 spiro atoms. The number of rotatable bonds is 2. The maximum absolute atomic E-state index is 11.3. The van der Waals surface area contributed by atoms with E-state index in [2.05, 4.69) is 0 Å². The summed E-state index contributed by atoms with van der Waals surface area (Å²) in [6.45, 7) is 1.21. The lowest BCUT2D eigenvalue weighted by atomic mass is 10.1. The van der Waals surface area contributed by atoms with E-state index in [0.717, 1.165) is 5.56 Å². The highest BCUT2D eigenvalue weighted by Crippen LogP contribution is 2.26. The Balaban J connectivity index is 2.41. The molecule has 0 atom stereocenters. The van der Waals surface area contributed by atoms with Crippen LogP contribution in [-0.2, 0) is 14.3 Å². The molecule has 86 valence electrons. The smallest absolute Gasteiger partial charge is 0.351 e. The summed E-state index contributed by atoms with van der Waals surface area (Å²) < 4.78 is 4.83. The second kappa shape index (κ2) is 4.25. The summed E-state index contributed by atoms with van der Waals surface area (Å²) in [6.07, 6.45) is 1.50. The molecule has 1 aromatic rings. The Hall–Kier alpha value is -2.36. The van der Waals surface area contributed by atoms with E-state index in [4.69, 9.17) is 4.74 Å². The van der Waals surface area contributed by atoms with Crippen LogP contribution in [0.1, 0.15) is 12.5 Å². The molecule has 0 fully saturated rings. The summed E-state index contributed by atoms with van der Waals surface area (Å²) in [4.78, 5) is 22.4. The first kappa shape index (κ1) is 11.1. The van der Waals surface area contributed by atoms with E-state index in [1.54, 1.807) is 12.1 Å². The molecular weight excluding hydrogens is 220 g/mol. The Morgan fingerprint density at radius 3 is 2.47 bits per heavy atom. The number of aliphatic hydroxyl groups is 1. The highest BCUT2D eigenvalue weighted by Gasteiger charge is 2.32. The second-order valence-electron chi connectivity index (χ2n) is 3.59. The van der Waals surface area contributed by atoms with Gasteiger partial charge in [0, 0.05) is 0 Å². The number of benzene rings is 1. The number of ketones is 1. The van der Waals surface area contributed by atoms with Gasteiger partial charge in [0.1, 0.15) is 5.57 Å². The largest absolute Gasteiger partial charge is 0.504 e. The molecule has 1 aliphatic heterocycles. The molecule has 0 aliphatic carbocycles. The molecular formula is C13H10O4. The van der Waals surface area contributed by atoms with Crippen molar-refractivity contribution in [1.29, 1.82) is 0 Å². The lowest BCUT2D eigenvalue weighted by Crippen LogP contribution is -2.06. The van der Waals surface area contributed by atoms with Crippen LogP contribution in [0.15, 0.2) is 47.4 Å². The Kier molecular flexibility index (Phi) is 2.78. The van der Waals surface area contributed by atoms with Crippen molar-refractivity contribution in [3.8, 4) is 0 Å². The quantitative estimate of drug-likeness (QED) is 0.623. The van der Waals surface area contributed by atoms with Crippen molar-refractivity contribution in [3.05, 3.63) is 53.0 Å². The maximum atomic E-state index is 11.3. The van der Waals surface area contributed by atoms with E-state index in [0.29, 0.717) is 0 Å². The third kappa shape index (κ3) is 2.10. The lowest BCUT2D eigenvalue weighted by molar-refractivity contribution is -0.134. The minimum absolute atomic E-state index is 0.00593. The third-order valence-electron chi connectivity index (χ3n) is 2.33. The number of cyclic esters (lactones) is 1. The monoisotopic (exact) mass is 230 g/mol. The summed E-state index contributed by atoms with van der Waals surface area (Å²) >= 11 is 0. The fourth-order valence-corrected chi connectivity index (χ4v) is 1.53. The first-order chi connectivity index (χ1) is 8.09. The number of hydrogen-bond acceptors (Lipinski definition) is 4. The molecule has 1 heterocycles. The molecule has 0 unspecified atom stereocenters. The van der Waals surface area contributed by atoms with E-state index in [9.17, 15) is 14.7 Å². The summed E-state index contributed by atoms with van der Waals surface area (Å²) in [7, 11) is 0. The van der Waals surface area contributed by atoms with Crippen molar-refractivity contribution in [2.45, 2.75) is 6.92 Å². The van der Waals surface area contributed by atoms with Crippen LogP contribution in [-0.4, -0.2) is 16.9 Å². The van der Waals surface area contributed by atoms with Gasteiger partial charge in [-0.15, -0.1) is 0 Å². The molecule has 1 aromatic carbocycles. The van der Waals surface area contributed by atoms with Crippen LogP contribution in [0, 0.1) is 0 Å². The van der Waals surface area contributed by atoms with Gasteiger partial charge in [0.05, 0.1) is 0 Å². The van der Waals surface area contributed by atoms with Crippen molar-refractivity contribution in [2.24, 2.45) is 0 Å². The fraction of sp³-hybridized carbons (Fsp3) is 0.0769. The van der Waals surface area contributed by atoms with Crippen LogP contribution < -0.4 is 0 Å². The Morgan fingerprint density at radius 1 is 1.29 bits per heavy atom. The molecule has 0 saturated heterocycles. The highest BCUT2D eigenvalue weighted by molar-refractivity contribution is 6.19. The molecule has 2 rings (SSSR count). The molecule has 0 aromatic heterocycles. The highest BCUT2D eigenvalue weighted by atomic mass is 16.6. The van der Waals surface area contributed by atoms with E-state index >= 15 is 0 Å². The third-order valence-corrected chi connectivity index (χ3v) is 2.33. The minimum Gasteiger partial charge on any atom is -0.504 e. The number of carbonyl (C=O) groups is 2. The van der Waals surface area contributed by atoms with Crippen LogP contribution in [0.2, 0.25) is 0 Å². The first-order valence-corrected chi connectivity index (χ1v) is 5.03. The van der Waals surface area contributed by atoms with E-state index < -0.39 is 17.5 Å². The van der Waals surface area contributed by atoms with Gasteiger partial charge in [0.25, 0.3) is 0 Å². The number of ether oxygens (including phenoxy) is 1.